The summed E-state index contributed by atoms with van der Waals surface area (Å²) in [5.74, 6) is 0.907. The first-order valence-electron chi connectivity index (χ1n) is 6.69. The van der Waals surface area contributed by atoms with Gasteiger partial charge in [-0.1, -0.05) is 12.1 Å². The molecule has 0 unspecified atom stereocenters. The zero-order valence-corrected chi connectivity index (χ0v) is 12.2. The summed E-state index contributed by atoms with van der Waals surface area (Å²) in [5.41, 5.74) is 2.50. The molecule has 2 aromatic carbocycles. The van der Waals surface area contributed by atoms with Crippen molar-refractivity contribution >= 4 is 27.1 Å². The molecule has 3 rings (SSSR count). The van der Waals surface area contributed by atoms with Crippen LogP contribution in [0.2, 0.25) is 0 Å². The third kappa shape index (κ3) is 2.94. The van der Waals surface area contributed by atoms with Gasteiger partial charge in [-0.15, -0.1) is 11.3 Å². The Morgan fingerprint density at radius 3 is 2.70 bits per heavy atom. The van der Waals surface area contributed by atoms with E-state index in [1.54, 1.807) is 18.4 Å². The molecular formula is C17H17NOS. The number of benzene rings is 2. The van der Waals surface area contributed by atoms with Gasteiger partial charge in [0.1, 0.15) is 5.75 Å². The summed E-state index contributed by atoms with van der Waals surface area (Å²) in [6.45, 7) is 0.933. The summed E-state index contributed by atoms with van der Waals surface area (Å²) in [4.78, 5) is 0. The highest BCUT2D eigenvalue weighted by Gasteiger charge is 1.98. The second-order valence-electron chi connectivity index (χ2n) is 4.70. The maximum absolute atomic E-state index is 5.16. The van der Waals surface area contributed by atoms with Crippen LogP contribution in [0.25, 0.3) is 10.1 Å². The summed E-state index contributed by atoms with van der Waals surface area (Å²) in [5, 5.41) is 6.92. The van der Waals surface area contributed by atoms with Crippen LogP contribution in [-0.2, 0) is 6.42 Å². The van der Waals surface area contributed by atoms with Crippen molar-refractivity contribution in [3.05, 3.63) is 59.5 Å². The van der Waals surface area contributed by atoms with E-state index in [1.165, 1.54) is 21.3 Å². The van der Waals surface area contributed by atoms with Crippen molar-refractivity contribution in [3.63, 3.8) is 0 Å². The lowest BCUT2D eigenvalue weighted by Gasteiger charge is -2.07. The third-order valence-corrected chi connectivity index (χ3v) is 4.25. The van der Waals surface area contributed by atoms with Gasteiger partial charge in [-0.05, 0) is 59.1 Å². The normalized spacial score (nSPS) is 10.7. The van der Waals surface area contributed by atoms with Gasteiger partial charge < -0.3 is 10.1 Å². The fourth-order valence-electron chi connectivity index (χ4n) is 2.22. The Balaban J connectivity index is 1.58. The topological polar surface area (TPSA) is 21.3 Å². The highest BCUT2D eigenvalue weighted by molar-refractivity contribution is 7.17. The Bertz CT molecular complexity index is 688. The fraction of sp³-hybridized carbons (Fsp3) is 0.176. The molecule has 1 heterocycles. The first-order valence-corrected chi connectivity index (χ1v) is 7.57. The third-order valence-electron chi connectivity index (χ3n) is 3.35. The largest absolute Gasteiger partial charge is 0.497 e. The monoisotopic (exact) mass is 283 g/mol. The van der Waals surface area contributed by atoms with Crippen molar-refractivity contribution in [3.8, 4) is 5.75 Å². The van der Waals surface area contributed by atoms with Crippen LogP contribution in [0.1, 0.15) is 5.56 Å². The molecule has 1 N–H and O–H groups in total. The van der Waals surface area contributed by atoms with Gasteiger partial charge >= 0.3 is 0 Å². The number of fused-ring (bicyclic) bond motifs is 1. The number of methoxy groups -OCH3 is 1. The van der Waals surface area contributed by atoms with Crippen molar-refractivity contribution in [1.82, 2.24) is 0 Å². The number of rotatable bonds is 5. The van der Waals surface area contributed by atoms with Gasteiger partial charge in [-0.25, -0.2) is 0 Å². The molecule has 102 valence electrons. The van der Waals surface area contributed by atoms with E-state index >= 15 is 0 Å². The molecule has 3 heteroatoms. The molecule has 0 bridgehead atoms. The Labute approximate surface area is 123 Å². The molecule has 0 spiro atoms. The summed E-state index contributed by atoms with van der Waals surface area (Å²) in [6, 6.07) is 16.9. The first kappa shape index (κ1) is 13.0. The maximum Gasteiger partial charge on any atom is 0.118 e. The number of hydrogen-bond donors (Lipinski definition) is 1. The fourth-order valence-corrected chi connectivity index (χ4v) is 2.99. The lowest BCUT2D eigenvalue weighted by Crippen LogP contribution is -2.04. The smallest absolute Gasteiger partial charge is 0.118 e. The van der Waals surface area contributed by atoms with Crippen molar-refractivity contribution in [1.29, 1.82) is 0 Å². The number of thiophene rings is 1. The summed E-state index contributed by atoms with van der Waals surface area (Å²) in [6.07, 6.45) is 1.01. The van der Waals surface area contributed by atoms with Crippen LogP contribution in [0.15, 0.2) is 53.9 Å². The van der Waals surface area contributed by atoms with Crippen LogP contribution in [0.3, 0.4) is 0 Å². The Hall–Kier alpha value is -2.00. The highest BCUT2D eigenvalue weighted by atomic mass is 32.1. The van der Waals surface area contributed by atoms with E-state index in [0.29, 0.717) is 0 Å². The summed E-state index contributed by atoms with van der Waals surface area (Å²) < 4.78 is 6.50. The van der Waals surface area contributed by atoms with Crippen LogP contribution in [0.4, 0.5) is 5.69 Å². The van der Waals surface area contributed by atoms with E-state index in [1.807, 2.05) is 12.1 Å². The van der Waals surface area contributed by atoms with Crippen LogP contribution in [0, 0.1) is 0 Å². The van der Waals surface area contributed by atoms with E-state index in [2.05, 4.69) is 47.1 Å². The molecule has 0 aliphatic carbocycles. The minimum Gasteiger partial charge on any atom is -0.497 e. The highest BCUT2D eigenvalue weighted by Crippen LogP contribution is 2.24. The Kier molecular flexibility index (Phi) is 3.88. The first-order chi connectivity index (χ1) is 9.85. The molecular weight excluding hydrogens is 266 g/mol. The Morgan fingerprint density at radius 1 is 1.05 bits per heavy atom. The Morgan fingerprint density at radius 2 is 1.90 bits per heavy atom. The number of hydrogen-bond acceptors (Lipinski definition) is 3. The molecule has 0 aliphatic rings. The molecule has 0 fully saturated rings. The van der Waals surface area contributed by atoms with Crippen molar-refractivity contribution in [2.75, 3.05) is 19.0 Å². The van der Waals surface area contributed by atoms with Crippen LogP contribution < -0.4 is 10.1 Å². The average molecular weight is 283 g/mol. The van der Waals surface area contributed by atoms with Gasteiger partial charge in [-0.2, -0.15) is 0 Å². The minimum absolute atomic E-state index is 0.907. The zero-order chi connectivity index (χ0) is 13.8. The van der Waals surface area contributed by atoms with Gasteiger partial charge in [0.15, 0.2) is 0 Å². The van der Waals surface area contributed by atoms with Gasteiger partial charge in [-0.3, -0.25) is 0 Å². The van der Waals surface area contributed by atoms with Crippen molar-refractivity contribution < 1.29 is 4.74 Å². The summed E-state index contributed by atoms with van der Waals surface area (Å²) in [7, 11) is 1.69. The second kappa shape index (κ2) is 5.97. The number of anilines is 1. The van der Waals surface area contributed by atoms with Crippen LogP contribution in [0.5, 0.6) is 5.75 Å². The molecule has 0 saturated heterocycles. The number of ether oxygens (including phenoxy) is 1. The molecule has 1 aromatic heterocycles. The molecule has 3 aromatic rings. The van der Waals surface area contributed by atoms with Gasteiger partial charge in [0.25, 0.3) is 0 Å². The summed E-state index contributed by atoms with van der Waals surface area (Å²) >= 11 is 1.78. The molecule has 20 heavy (non-hydrogen) atoms. The van der Waals surface area contributed by atoms with E-state index in [9.17, 15) is 0 Å². The second-order valence-corrected chi connectivity index (χ2v) is 5.65. The van der Waals surface area contributed by atoms with E-state index in [4.69, 9.17) is 4.74 Å². The molecule has 0 radical (unpaired) electrons. The molecule has 0 atom stereocenters. The number of nitrogens with one attached hydrogen (secondary N) is 1. The van der Waals surface area contributed by atoms with Crippen LogP contribution >= 0.6 is 11.3 Å². The average Bonchev–Trinajstić information content (AvgIpc) is 2.95. The maximum atomic E-state index is 5.16. The predicted octanol–water partition coefficient (Wildman–Crippen LogP) is 4.56. The van der Waals surface area contributed by atoms with Gasteiger partial charge in [0.2, 0.25) is 0 Å². The zero-order valence-electron chi connectivity index (χ0n) is 11.4. The molecule has 0 aliphatic heterocycles. The van der Waals surface area contributed by atoms with Gasteiger partial charge in [0, 0.05) is 16.9 Å². The SMILES string of the molecule is COc1ccc(CCNc2ccc3sccc3c2)cc1. The molecule has 0 saturated carbocycles. The molecule has 0 amide bonds. The molecule has 2 nitrogen and oxygen atoms in total. The lowest BCUT2D eigenvalue weighted by molar-refractivity contribution is 0.414. The van der Waals surface area contributed by atoms with E-state index < -0.39 is 0 Å². The van der Waals surface area contributed by atoms with Crippen LogP contribution in [-0.4, -0.2) is 13.7 Å². The lowest BCUT2D eigenvalue weighted by atomic mass is 10.1. The van der Waals surface area contributed by atoms with Crippen molar-refractivity contribution in [2.45, 2.75) is 6.42 Å². The quantitative estimate of drug-likeness (QED) is 0.741. The van der Waals surface area contributed by atoms with Gasteiger partial charge in [0.05, 0.1) is 7.11 Å². The van der Waals surface area contributed by atoms with E-state index in [-0.39, 0.29) is 0 Å². The minimum atomic E-state index is 0.907. The standard InChI is InChI=1S/C17H17NOS/c1-19-16-5-2-13(3-6-16)8-10-18-15-4-7-17-14(12-15)9-11-20-17/h2-7,9,11-12,18H,8,10H2,1H3. The van der Waals surface area contributed by atoms with E-state index in [0.717, 1.165) is 18.7 Å². The van der Waals surface area contributed by atoms with Crippen molar-refractivity contribution in [2.24, 2.45) is 0 Å². The predicted molar refractivity (Wildman–Crippen MR) is 87.0 cm³/mol.